The van der Waals surface area contributed by atoms with Gasteiger partial charge in [-0.1, -0.05) is 30.3 Å². The summed E-state index contributed by atoms with van der Waals surface area (Å²) in [4.78, 5) is 13.6. The minimum absolute atomic E-state index is 0.254. The Kier molecular flexibility index (Phi) is 4.88. The zero-order valence-electron chi connectivity index (χ0n) is 9.57. The third-order valence-electron chi connectivity index (χ3n) is 2.59. The molecule has 0 spiro atoms. The summed E-state index contributed by atoms with van der Waals surface area (Å²) in [7, 11) is 0. The van der Waals surface area contributed by atoms with Gasteiger partial charge in [0.25, 0.3) is 0 Å². The number of benzene rings is 1. The molecule has 0 aromatic heterocycles. The molecule has 15 heavy (non-hydrogen) atoms. The SMILES string of the molecule is CCN(CC)C(=O)CCc1ccccc1. The molecule has 0 bridgehead atoms. The Morgan fingerprint density at radius 3 is 2.27 bits per heavy atom. The minimum Gasteiger partial charge on any atom is -0.343 e. The lowest BCUT2D eigenvalue weighted by Gasteiger charge is -2.18. The maximum atomic E-state index is 11.7. The lowest BCUT2D eigenvalue weighted by atomic mass is 10.1. The summed E-state index contributed by atoms with van der Waals surface area (Å²) in [6, 6.07) is 10.1. The van der Waals surface area contributed by atoms with Gasteiger partial charge in [-0.3, -0.25) is 4.79 Å². The summed E-state index contributed by atoms with van der Waals surface area (Å²) < 4.78 is 0. The number of amides is 1. The summed E-state index contributed by atoms with van der Waals surface area (Å²) in [5, 5.41) is 0. The van der Waals surface area contributed by atoms with Crippen molar-refractivity contribution < 1.29 is 4.79 Å². The molecule has 0 radical (unpaired) electrons. The molecule has 0 saturated carbocycles. The van der Waals surface area contributed by atoms with E-state index in [1.807, 2.05) is 36.9 Å². The van der Waals surface area contributed by atoms with Gasteiger partial charge in [-0.25, -0.2) is 0 Å². The molecule has 0 aliphatic carbocycles. The number of hydrogen-bond acceptors (Lipinski definition) is 1. The van der Waals surface area contributed by atoms with Crippen LogP contribution in [-0.4, -0.2) is 23.9 Å². The molecule has 1 aromatic carbocycles. The van der Waals surface area contributed by atoms with Crippen LogP contribution in [-0.2, 0) is 11.2 Å². The second-order valence-corrected chi connectivity index (χ2v) is 3.55. The third kappa shape index (κ3) is 3.74. The zero-order valence-corrected chi connectivity index (χ0v) is 9.57. The molecule has 0 aliphatic rings. The van der Waals surface area contributed by atoms with Gasteiger partial charge in [0.1, 0.15) is 0 Å². The van der Waals surface area contributed by atoms with Gasteiger partial charge in [-0.2, -0.15) is 0 Å². The highest BCUT2D eigenvalue weighted by atomic mass is 16.2. The topological polar surface area (TPSA) is 20.3 Å². The Hall–Kier alpha value is -1.31. The number of carbonyl (C=O) groups excluding carboxylic acids is 1. The summed E-state index contributed by atoms with van der Waals surface area (Å²) >= 11 is 0. The van der Waals surface area contributed by atoms with E-state index in [0.717, 1.165) is 19.5 Å². The van der Waals surface area contributed by atoms with E-state index in [4.69, 9.17) is 0 Å². The molecule has 0 heterocycles. The normalized spacial score (nSPS) is 10.0. The van der Waals surface area contributed by atoms with Crippen molar-refractivity contribution in [2.24, 2.45) is 0 Å². The Bertz CT molecular complexity index is 291. The van der Waals surface area contributed by atoms with Crippen LogP contribution in [0.4, 0.5) is 0 Å². The quantitative estimate of drug-likeness (QED) is 0.723. The number of carbonyl (C=O) groups is 1. The fraction of sp³-hybridized carbons (Fsp3) is 0.462. The van der Waals surface area contributed by atoms with Crippen LogP contribution >= 0.6 is 0 Å². The highest BCUT2D eigenvalue weighted by Crippen LogP contribution is 2.04. The zero-order chi connectivity index (χ0) is 11.1. The van der Waals surface area contributed by atoms with Crippen LogP contribution in [0.3, 0.4) is 0 Å². The van der Waals surface area contributed by atoms with Crippen molar-refractivity contribution >= 4 is 5.91 Å². The standard InChI is InChI=1S/C13H19NO/c1-3-14(4-2)13(15)11-10-12-8-6-5-7-9-12/h5-9H,3-4,10-11H2,1-2H3. The molecule has 2 nitrogen and oxygen atoms in total. The van der Waals surface area contributed by atoms with E-state index in [1.54, 1.807) is 0 Å². The monoisotopic (exact) mass is 205 g/mol. The van der Waals surface area contributed by atoms with Gasteiger partial charge in [0.2, 0.25) is 5.91 Å². The van der Waals surface area contributed by atoms with Crippen molar-refractivity contribution in [3.63, 3.8) is 0 Å². The van der Waals surface area contributed by atoms with Gasteiger partial charge in [-0.05, 0) is 25.8 Å². The highest BCUT2D eigenvalue weighted by Gasteiger charge is 2.08. The van der Waals surface area contributed by atoms with E-state index >= 15 is 0 Å². The lowest BCUT2D eigenvalue weighted by molar-refractivity contribution is -0.130. The van der Waals surface area contributed by atoms with Crippen molar-refractivity contribution in [3.8, 4) is 0 Å². The Morgan fingerprint density at radius 2 is 1.73 bits per heavy atom. The van der Waals surface area contributed by atoms with Gasteiger partial charge in [0, 0.05) is 19.5 Å². The fourth-order valence-electron chi connectivity index (χ4n) is 1.63. The first-order chi connectivity index (χ1) is 7.27. The first kappa shape index (κ1) is 11.8. The molecule has 1 amide bonds. The average Bonchev–Trinajstić information content (AvgIpc) is 2.29. The molecule has 0 unspecified atom stereocenters. The van der Waals surface area contributed by atoms with Crippen LogP contribution in [0.5, 0.6) is 0 Å². The van der Waals surface area contributed by atoms with Crippen LogP contribution in [0.2, 0.25) is 0 Å². The van der Waals surface area contributed by atoms with Crippen molar-refractivity contribution in [3.05, 3.63) is 35.9 Å². The van der Waals surface area contributed by atoms with E-state index < -0.39 is 0 Å². The van der Waals surface area contributed by atoms with E-state index in [0.29, 0.717) is 6.42 Å². The van der Waals surface area contributed by atoms with Crippen molar-refractivity contribution in [1.82, 2.24) is 4.90 Å². The Labute approximate surface area is 91.9 Å². The molecule has 82 valence electrons. The van der Waals surface area contributed by atoms with Gasteiger partial charge in [0.15, 0.2) is 0 Å². The summed E-state index contributed by atoms with van der Waals surface area (Å²) in [5.74, 6) is 0.254. The van der Waals surface area contributed by atoms with Crippen molar-refractivity contribution in [2.45, 2.75) is 26.7 Å². The van der Waals surface area contributed by atoms with E-state index in [-0.39, 0.29) is 5.91 Å². The fourth-order valence-corrected chi connectivity index (χ4v) is 1.63. The Morgan fingerprint density at radius 1 is 1.13 bits per heavy atom. The Balaban J connectivity index is 2.40. The van der Waals surface area contributed by atoms with E-state index in [9.17, 15) is 4.79 Å². The van der Waals surface area contributed by atoms with Gasteiger partial charge in [-0.15, -0.1) is 0 Å². The molecular formula is C13H19NO. The predicted molar refractivity (Wildman–Crippen MR) is 62.7 cm³/mol. The summed E-state index contributed by atoms with van der Waals surface area (Å²) in [6.07, 6.45) is 1.46. The van der Waals surface area contributed by atoms with Crippen molar-refractivity contribution in [2.75, 3.05) is 13.1 Å². The van der Waals surface area contributed by atoms with Crippen LogP contribution < -0.4 is 0 Å². The van der Waals surface area contributed by atoms with Crippen LogP contribution in [0, 0.1) is 0 Å². The third-order valence-corrected chi connectivity index (χ3v) is 2.59. The number of hydrogen-bond donors (Lipinski definition) is 0. The molecule has 2 heteroatoms. The first-order valence-corrected chi connectivity index (χ1v) is 5.59. The number of aryl methyl sites for hydroxylation is 1. The number of rotatable bonds is 5. The largest absolute Gasteiger partial charge is 0.343 e. The highest BCUT2D eigenvalue weighted by molar-refractivity contribution is 5.76. The molecule has 0 atom stereocenters. The van der Waals surface area contributed by atoms with Crippen molar-refractivity contribution in [1.29, 1.82) is 0 Å². The second-order valence-electron chi connectivity index (χ2n) is 3.55. The molecule has 0 fully saturated rings. The smallest absolute Gasteiger partial charge is 0.222 e. The maximum Gasteiger partial charge on any atom is 0.222 e. The molecular weight excluding hydrogens is 186 g/mol. The summed E-state index contributed by atoms with van der Waals surface area (Å²) in [6.45, 7) is 5.65. The summed E-state index contributed by atoms with van der Waals surface area (Å²) in [5.41, 5.74) is 1.23. The predicted octanol–water partition coefficient (Wildman–Crippen LogP) is 2.49. The average molecular weight is 205 g/mol. The lowest BCUT2D eigenvalue weighted by Crippen LogP contribution is -2.30. The van der Waals surface area contributed by atoms with E-state index in [1.165, 1.54) is 5.56 Å². The minimum atomic E-state index is 0.254. The van der Waals surface area contributed by atoms with Gasteiger partial charge >= 0.3 is 0 Å². The molecule has 0 N–H and O–H groups in total. The second kappa shape index (κ2) is 6.23. The van der Waals surface area contributed by atoms with Gasteiger partial charge < -0.3 is 4.90 Å². The molecule has 0 saturated heterocycles. The van der Waals surface area contributed by atoms with Crippen LogP contribution in [0.15, 0.2) is 30.3 Å². The van der Waals surface area contributed by atoms with Gasteiger partial charge in [0.05, 0.1) is 0 Å². The van der Waals surface area contributed by atoms with Crippen LogP contribution in [0.25, 0.3) is 0 Å². The van der Waals surface area contributed by atoms with Crippen LogP contribution in [0.1, 0.15) is 25.8 Å². The van der Waals surface area contributed by atoms with E-state index in [2.05, 4.69) is 12.1 Å². The number of nitrogens with zero attached hydrogens (tertiary/aromatic N) is 1. The molecule has 0 aliphatic heterocycles. The first-order valence-electron chi connectivity index (χ1n) is 5.59. The molecule has 1 aromatic rings. The molecule has 1 rings (SSSR count). The maximum absolute atomic E-state index is 11.7.